The Balaban J connectivity index is 2.54. The molecule has 1 rings (SSSR count). The lowest BCUT2D eigenvalue weighted by Gasteiger charge is -1.83. The third kappa shape index (κ3) is 0.578. The molecule has 0 aliphatic heterocycles. The highest BCUT2D eigenvalue weighted by Crippen LogP contribution is 2.43. The Bertz CT molecular complexity index is 95.0. The van der Waals surface area contributed by atoms with Gasteiger partial charge in [0.25, 0.3) is 0 Å². The van der Waals surface area contributed by atoms with Crippen LogP contribution in [0.5, 0.6) is 0 Å². The minimum Gasteiger partial charge on any atom is -0.119 e. The first-order valence-corrected chi connectivity index (χ1v) is 2.73. The van der Waals surface area contributed by atoms with Crippen molar-refractivity contribution in [3.63, 3.8) is 0 Å². The minimum atomic E-state index is 0.132. The molecule has 0 nitrogen and oxygen atoms in total. The molecule has 0 bridgehead atoms. The average Bonchev–Trinajstić information content (AvgIpc) is 2.22. The Hall–Kier alpha value is 0.0400. The standard InChI is InChI=1S/C5H5Br/c1-2-5(6)3-4-5/h1H,3-4H2. The summed E-state index contributed by atoms with van der Waals surface area (Å²) in [5.41, 5.74) is 0. The molecule has 0 N–H and O–H groups in total. The molecule has 0 heterocycles. The van der Waals surface area contributed by atoms with E-state index >= 15 is 0 Å². The number of halogens is 1. The van der Waals surface area contributed by atoms with Crippen molar-refractivity contribution in [3.05, 3.63) is 0 Å². The van der Waals surface area contributed by atoms with Crippen molar-refractivity contribution in [2.45, 2.75) is 17.2 Å². The van der Waals surface area contributed by atoms with Gasteiger partial charge in [0.05, 0.1) is 4.32 Å². The van der Waals surface area contributed by atoms with Crippen molar-refractivity contribution in [2.24, 2.45) is 0 Å². The van der Waals surface area contributed by atoms with Crippen molar-refractivity contribution >= 4 is 15.9 Å². The van der Waals surface area contributed by atoms with Crippen LogP contribution in [0, 0.1) is 12.3 Å². The maximum atomic E-state index is 5.07. The average molecular weight is 145 g/mol. The first-order chi connectivity index (χ1) is 2.77. The molecule has 6 heavy (non-hydrogen) atoms. The van der Waals surface area contributed by atoms with E-state index in [4.69, 9.17) is 6.42 Å². The summed E-state index contributed by atoms with van der Waals surface area (Å²) in [6.45, 7) is 0. The van der Waals surface area contributed by atoms with Gasteiger partial charge in [-0.1, -0.05) is 21.9 Å². The van der Waals surface area contributed by atoms with E-state index in [2.05, 4.69) is 21.9 Å². The Morgan fingerprint density at radius 1 is 1.67 bits per heavy atom. The highest BCUT2D eigenvalue weighted by Gasteiger charge is 2.37. The van der Waals surface area contributed by atoms with Gasteiger partial charge in [-0.05, 0) is 12.8 Å². The van der Waals surface area contributed by atoms with Crippen molar-refractivity contribution in [1.29, 1.82) is 0 Å². The van der Waals surface area contributed by atoms with Gasteiger partial charge in [0.15, 0.2) is 0 Å². The van der Waals surface area contributed by atoms with E-state index < -0.39 is 0 Å². The van der Waals surface area contributed by atoms with Crippen LogP contribution in [0.2, 0.25) is 0 Å². The molecule has 0 radical (unpaired) electrons. The molecule has 0 atom stereocenters. The van der Waals surface area contributed by atoms with Crippen LogP contribution in [0.15, 0.2) is 0 Å². The molecule has 0 aromatic carbocycles. The number of alkyl halides is 1. The van der Waals surface area contributed by atoms with E-state index in [-0.39, 0.29) is 4.32 Å². The van der Waals surface area contributed by atoms with Gasteiger partial charge in [-0.3, -0.25) is 0 Å². The third-order valence-electron chi connectivity index (χ3n) is 0.948. The molecule has 1 aliphatic carbocycles. The molecule has 0 aromatic heterocycles. The van der Waals surface area contributed by atoms with Gasteiger partial charge in [-0.15, -0.1) is 6.42 Å². The van der Waals surface area contributed by atoms with Crippen LogP contribution in [-0.2, 0) is 0 Å². The highest BCUT2D eigenvalue weighted by atomic mass is 79.9. The Morgan fingerprint density at radius 3 is 2.17 bits per heavy atom. The van der Waals surface area contributed by atoms with Gasteiger partial charge in [-0.25, -0.2) is 0 Å². The molecule has 0 amide bonds. The van der Waals surface area contributed by atoms with Crippen molar-refractivity contribution in [2.75, 3.05) is 0 Å². The first kappa shape index (κ1) is 4.21. The van der Waals surface area contributed by atoms with Crippen LogP contribution in [-0.4, -0.2) is 4.32 Å². The number of rotatable bonds is 0. The topological polar surface area (TPSA) is 0 Å². The summed E-state index contributed by atoms with van der Waals surface area (Å²) < 4.78 is 0.132. The summed E-state index contributed by atoms with van der Waals surface area (Å²) in [6.07, 6.45) is 7.38. The molecular formula is C5H5Br. The normalized spacial score (nSPS) is 25.3. The van der Waals surface area contributed by atoms with Gasteiger partial charge >= 0.3 is 0 Å². The minimum absolute atomic E-state index is 0.132. The fourth-order valence-corrected chi connectivity index (χ4v) is 0.452. The molecule has 0 spiro atoms. The molecule has 1 heteroatoms. The quantitative estimate of drug-likeness (QED) is 0.358. The summed E-state index contributed by atoms with van der Waals surface area (Å²) >= 11 is 3.35. The second kappa shape index (κ2) is 1.01. The van der Waals surface area contributed by atoms with Crippen LogP contribution in [0.1, 0.15) is 12.8 Å². The Labute approximate surface area is 46.1 Å². The SMILES string of the molecule is C#CC1(Br)CC1. The molecule has 0 saturated heterocycles. The second-order valence-electron chi connectivity index (χ2n) is 1.61. The maximum absolute atomic E-state index is 5.07. The van der Waals surface area contributed by atoms with Crippen LogP contribution in [0.3, 0.4) is 0 Å². The summed E-state index contributed by atoms with van der Waals surface area (Å²) in [6, 6.07) is 0. The molecule has 0 aromatic rings. The fraction of sp³-hybridized carbons (Fsp3) is 0.600. The predicted octanol–water partition coefficient (Wildman–Crippen LogP) is 1.55. The van der Waals surface area contributed by atoms with Crippen molar-refractivity contribution in [1.82, 2.24) is 0 Å². The molecule has 1 fully saturated rings. The second-order valence-corrected chi connectivity index (χ2v) is 3.13. The summed E-state index contributed by atoms with van der Waals surface area (Å²) in [7, 11) is 0. The summed E-state index contributed by atoms with van der Waals surface area (Å²) in [4.78, 5) is 0. The van der Waals surface area contributed by atoms with Gasteiger partial charge < -0.3 is 0 Å². The maximum Gasteiger partial charge on any atom is 0.0861 e. The van der Waals surface area contributed by atoms with Crippen LogP contribution in [0.25, 0.3) is 0 Å². The van der Waals surface area contributed by atoms with E-state index in [0.717, 1.165) is 12.8 Å². The highest BCUT2D eigenvalue weighted by molar-refractivity contribution is 9.10. The molecule has 32 valence electrons. The number of terminal acetylenes is 1. The van der Waals surface area contributed by atoms with Crippen LogP contribution < -0.4 is 0 Å². The van der Waals surface area contributed by atoms with Crippen molar-refractivity contribution in [3.8, 4) is 12.3 Å². The molecular weight excluding hydrogens is 140 g/mol. The predicted molar refractivity (Wildman–Crippen MR) is 29.7 cm³/mol. The largest absolute Gasteiger partial charge is 0.119 e. The Kier molecular flexibility index (Phi) is 0.706. The molecule has 1 aliphatic rings. The third-order valence-corrected chi connectivity index (χ3v) is 1.97. The zero-order valence-corrected chi connectivity index (χ0v) is 4.96. The Morgan fingerprint density at radius 2 is 2.17 bits per heavy atom. The van der Waals surface area contributed by atoms with E-state index in [1.54, 1.807) is 0 Å². The fourth-order valence-electron chi connectivity index (χ4n) is 0.254. The first-order valence-electron chi connectivity index (χ1n) is 1.93. The van der Waals surface area contributed by atoms with Crippen molar-refractivity contribution < 1.29 is 0 Å². The van der Waals surface area contributed by atoms with Crippen LogP contribution >= 0.6 is 15.9 Å². The zero-order valence-electron chi connectivity index (χ0n) is 3.37. The summed E-state index contributed by atoms with van der Waals surface area (Å²) in [5.74, 6) is 2.63. The van der Waals surface area contributed by atoms with E-state index in [1.807, 2.05) is 0 Å². The zero-order chi connectivity index (χ0) is 4.62. The van der Waals surface area contributed by atoms with E-state index in [1.165, 1.54) is 0 Å². The number of hydrogen-bond acceptors (Lipinski definition) is 0. The lowest BCUT2D eigenvalue weighted by atomic mass is 10.5. The summed E-state index contributed by atoms with van der Waals surface area (Å²) in [5, 5.41) is 0. The van der Waals surface area contributed by atoms with Gasteiger partial charge in [0, 0.05) is 0 Å². The van der Waals surface area contributed by atoms with E-state index in [9.17, 15) is 0 Å². The van der Waals surface area contributed by atoms with Crippen LogP contribution in [0.4, 0.5) is 0 Å². The van der Waals surface area contributed by atoms with Gasteiger partial charge in [0.2, 0.25) is 0 Å². The monoisotopic (exact) mass is 144 g/mol. The lowest BCUT2D eigenvalue weighted by molar-refractivity contribution is 1.29. The van der Waals surface area contributed by atoms with E-state index in [0.29, 0.717) is 0 Å². The number of hydrogen-bond donors (Lipinski definition) is 0. The molecule has 0 unspecified atom stereocenters. The molecule has 1 saturated carbocycles. The lowest BCUT2D eigenvalue weighted by Crippen LogP contribution is -1.84. The van der Waals surface area contributed by atoms with Gasteiger partial charge in [0.1, 0.15) is 0 Å². The van der Waals surface area contributed by atoms with Gasteiger partial charge in [-0.2, -0.15) is 0 Å². The smallest absolute Gasteiger partial charge is 0.0861 e.